The molecule has 1 aromatic carbocycles. The van der Waals surface area contributed by atoms with E-state index in [1.165, 1.54) is 0 Å². The second-order valence-electron chi connectivity index (χ2n) is 4.85. The summed E-state index contributed by atoms with van der Waals surface area (Å²) in [5, 5.41) is 3.45. The van der Waals surface area contributed by atoms with Crippen LogP contribution in [0, 0.1) is 0 Å². The van der Waals surface area contributed by atoms with Crippen LogP contribution in [0.2, 0.25) is 0 Å². The average Bonchev–Trinajstić information content (AvgIpc) is 2.41. The standard InChI is InChI=1S/C14H21NO3S/c1-18-10-5-4-9-15-13-8-11-19(16,17)14-7-3-2-6-12(13)14/h2-3,6-7,13,15H,4-5,8-11H2,1H3. The quantitative estimate of drug-likeness (QED) is 0.810. The Morgan fingerprint density at radius 2 is 2.11 bits per heavy atom. The average molecular weight is 283 g/mol. The number of hydrogen-bond donors (Lipinski definition) is 1. The normalized spacial score (nSPS) is 21.0. The van der Waals surface area contributed by atoms with Gasteiger partial charge in [0.1, 0.15) is 0 Å². The van der Waals surface area contributed by atoms with Crippen molar-refractivity contribution in [2.24, 2.45) is 0 Å². The highest BCUT2D eigenvalue weighted by Crippen LogP contribution is 2.31. The van der Waals surface area contributed by atoms with Crippen molar-refractivity contribution in [1.29, 1.82) is 0 Å². The van der Waals surface area contributed by atoms with Crippen molar-refractivity contribution < 1.29 is 13.2 Å². The molecule has 2 rings (SSSR count). The summed E-state index contributed by atoms with van der Waals surface area (Å²) < 4.78 is 29.0. The van der Waals surface area contributed by atoms with Crippen molar-refractivity contribution in [3.63, 3.8) is 0 Å². The van der Waals surface area contributed by atoms with Gasteiger partial charge in [-0.3, -0.25) is 0 Å². The fourth-order valence-corrected chi connectivity index (χ4v) is 4.07. The zero-order valence-corrected chi connectivity index (χ0v) is 12.1. The van der Waals surface area contributed by atoms with Crippen molar-refractivity contribution in [1.82, 2.24) is 5.32 Å². The zero-order chi connectivity index (χ0) is 13.7. The van der Waals surface area contributed by atoms with Crippen LogP contribution in [0.3, 0.4) is 0 Å². The first-order valence-corrected chi connectivity index (χ1v) is 8.34. The van der Waals surface area contributed by atoms with Gasteiger partial charge in [0.15, 0.2) is 9.84 Å². The summed E-state index contributed by atoms with van der Waals surface area (Å²) in [5.41, 5.74) is 0.917. The molecule has 0 spiro atoms. The smallest absolute Gasteiger partial charge is 0.178 e. The predicted octanol–water partition coefficient (Wildman–Crippen LogP) is 1.92. The number of methoxy groups -OCH3 is 1. The molecule has 0 radical (unpaired) electrons. The van der Waals surface area contributed by atoms with E-state index in [4.69, 9.17) is 4.74 Å². The maximum Gasteiger partial charge on any atom is 0.178 e. The Bertz CT molecular complexity index is 513. The molecule has 0 saturated carbocycles. The van der Waals surface area contributed by atoms with Crippen LogP contribution >= 0.6 is 0 Å². The highest BCUT2D eigenvalue weighted by atomic mass is 32.2. The lowest BCUT2D eigenvalue weighted by Crippen LogP contribution is -2.30. The van der Waals surface area contributed by atoms with Gasteiger partial charge in [0.25, 0.3) is 0 Å². The number of sulfone groups is 1. The summed E-state index contributed by atoms with van der Waals surface area (Å²) in [6.45, 7) is 1.67. The van der Waals surface area contributed by atoms with Gasteiger partial charge >= 0.3 is 0 Å². The summed E-state index contributed by atoms with van der Waals surface area (Å²) in [4.78, 5) is 0.496. The Hall–Kier alpha value is -0.910. The van der Waals surface area contributed by atoms with E-state index in [0.717, 1.165) is 31.6 Å². The lowest BCUT2D eigenvalue weighted by Gasteiger charge is -2.26. The second-order valence-corrected chi connectivity index (χ2v) is 6.93. The van der Waals surface area contributed by atoms with Gasteiger partial charge in [-0.1, -0.05) is 18.2 Å². The van der Waals surface area contributed by atoms with E-state index < -0.39 is 9.84 Å². The monoisotopic (exact) mass is 283 g/mol. The number of hydrogen-bond acceptors (Lipinski definition) is 4. The van der Waals surface area contributed by atoms with Crippen LogP contribution in [0.4, 0.5) is 0 Å². The number of fused-ring (bicyclic) bond motifs is 1. The first-order chi connectivity index (χ1) is 9.15. The summed E-state index contributed by atoms with van der Waals surface area (Å²) in [5.74, 6) is 0.236. The minimum atomic E-state index is -3.07. The van der Waals surface area contributed by atoms with E-state index in [-0.39, 0.29) is 11.8 Å². The zero-order valence-electron chi connectivity index (χ0n) is 11.3. The van der Waals surface area contributed by atoms with Crippen LogP contribution in [-0.2, 0) is 14.6 Å². The molecule has 0 aliphatic carbocycles. The summed E-state index contributed by atoms with van der Waals surface area (Å²) in [6, 6.07) is 7.47. The van der Waals surface area contributed by atoms with Gasteiger partial charge in [-0.15, -0.1) is 0 Å². The maximum atomic E-state index is 12.0. The molecular formula is C14H21NO3S. The van der Waals surface area contributed by atoms with E-state index in [2.05, 4.69) is 5.32 Å². The van der Waals surface area contributed by atoms with Gasteiger partial charge in [-0.05, 0) is 37.4 Å². The van der Waals surface area contributed by atoms with Gasteiger partial charge in [0.2, 0.25) is 0 Å². The molecule has 0 fully saturated rings. The number of ether oxygens (including phenoxy) is 1. The number of benzene rings is 1. The Morgan fingerprint density at radius 3 is 2.89 bits per heavy atom. The molecule has 1 N–H and O–H groups in total. The van der Waals surface area contributed by atoms with E-state index >= 15 is 0 Å². The fourth-order valence-electron chi connectivity index (χ4n) is 2.45. The van der Waals surface area contributed by atoms with Crippen LogP contribution in [0.15, 0.2) is 29.2 Å². The fraction of sp³-hybridized carbons (Fsp3) is 0.571. The molecule has 19 heavy (non-hydrogen) atoms. The van der Waals surface area contributed by atoms with Crippen LogP contribution in [0.1, 0.15) is 30.9 Å². The molecule has 5 heteroatoms. The summed E-state index contributed by atoms with van der Waals surface area (Å²) in [6.07, 6.45) is 2.72. The third-order valence-electron chi connectivity index (χ3n) is 3.47. The predicted molar refractivity (Wildman–Crippen MR) is 75.0 cm³/mol. The van der Waals surface area contributed by atoms with Gasteiger partial charge in [0, 0.05) is 19.8 Å². The highest BCUT2D eigenvalue weighted by Gasteiger charge is 2.29. The topological polar surface area (TPSA) is 55.4 Å². The van der Waals surface area contributed by atoms with Crippen molar-refractivity contribution in [2.75, 3.05) is 26.0 Å². The van der Waals surface area contributed by atoms with E-state index in [9.17, 15) is 8.42 Å². The largest absolute Gasteiger partial charge is 0.385 e. The number of rotatable bonds is 6. The number of unbranched alkanes of at least 4 members (excludes halogenated alkanes) is 1. The Morgan fingerprint density at radius 1 is 1.32 bits per heavy atom. The van der Waals surface area contributed by atoms with Crippen LogP contribution in [0.5, 0.6) is 0 Å². The van der Waals surface area contributed by atoms with Gasteiger partial charge < -0.3 is 10.1 Å². The van der Waals surface area contributed by atoms with Crippen LogP contribution < -0.4 is 5.32 Å². The SMILES string of the molecule is COCCCCNC1CCS(=O)(=O)c2ccccc21. The molecule has 1 unspecified atom stereocenters. The molecule has 4 nitrogen and oxygen atoms in total. The van der Waals surface area contributed by atoms with Crippen LogP contribution in [-0.4, -0.2) is 34.4 Å². The molecule has 0 aromatic heterocycles. The maximum absolute atomic E-state index is 12.0. The first kappa shape index (κ1) is 14.5. The third-order valence-corrected chi connectivity index (χ3v) is 5.29. The Kier molecular flexibility index (Phi) is 4.96. The van der Waals surface area contributed by atoms with Crippen molar-refractivity contribution in [3.8, 4) is 0 Å². The van der Waals surface area contributed by atoms with Gasteiger partial charge in [-0.25, -0.2) is 8.42 Å². The summed E-state index contributed by atoms with van der Waals surface area (Å²) >= 11 is 0. The third kappa shape index (κ3) is 3.55. The second kappa shape index (κ2) is 6.50. The van der Waals surface area contributed by atoms with E-state index in [0.29, 0.717) is 11.3 Å². The molecule has 1 atom stereocenters. The number of nitrogens with one attached hydrogen (secondary N) is 1. The molecule has 0 saturated heterocycles. The lowest BCUT2D eigenvalue weighted by molar-refractivity contribution is 0.192. The molecule has 106 valence electrons. The molecule has 1 aliphatic rings. The highest BCUT2D eigenvalue weighted by molar-refractivity contribution is 7.91. The Labute approximate surface area is 115 Å². The van der Waals surface area contributed by atoms with E-state index in [1.54, 1.807) is 19.2 Å². The van der Waals surface area contributed by atoms with Crippen molar-refractivity contribution in [3.05, 3.63) is 29.8 Å². The first-order valence-electron chi connectivity index (χ1n) is 6.69. The summed E-state index contributed by atoms with van der Waals surface area (Å²) in [7, 11) is -1.37. The molecular weight excluding hydrogens is 262 g/mol. The van der Waals surface area contributed by atoms with Crippen molar-refractivity contribution in [2.45, 2.75) is 30.2 Å². The van der Waals surface area contributed by atoms with Gasteiger partial charge in [-0.2, -0.15) is 0 Å². The van der Waals surface area contributed by atoms with Crippen molar-refractivity contribution >= 4 is 9.84 Å². The van der Waals surface area contributed by atoms with E-state index in [1.807, 2.05) is 12.1 Å². The minimum absolute atomic E-state index is 0.155. The molecule has 0 bridgehead atoms. The van der Waals surface area contributed by atoms with Gasteiger partial charge in [0.05, 0.1) is 10.6 Å². The lowest BCUT2D eigenvalue weighted by atomic mass is 10.0. The Balaban J connectivity index is 2.00. The molecule has 0 amide bonds. The minimum Gasteiger partial charge on any atom is -0.385 e. The van der Waals surface area contributed by atoms with Crippen LogP contribution in [0.25, 0.3) is 0 Å². The molecule has 1 aliphatic heterocycles. The molecule has 1 heterocycles. The molecule has 1 aromatic rings.